The summed E-state index contributed by atoms with van der Waals surface area (Å²) in [6.45, 7) is 0.138. The van der Waals surface area contributed by atoms with Gasteiger partial charge in [-0.25, -0.2) is 4.98 Å². The van der Waals surface area contributed by atoms with Crippen molar-refractivity contribution >= 4 is 11.3 Å². The molecule has 0 saturated carbocycles. The average Bonchev–Trinajstić information content (AvgIpc) is 2.86. The second-order valence-electron chi connectivity index (χ2n) is 2.77. The fraction of sp³-hybridized carbons (Fsp3) is 0.250. The molecule has 2 heterocycles. The zero-order valence-corrected chi connectivity index (χ0v) is 8.16. The summed E-state index contributed by atoms with van der Waals surface area (Å²) in [7, 11) is 0. The van der Waals surface area contributed by atoms with Crippen LogP contribution in [0.3, 0.4) is 0 Å². The van der Waals surface area contributed by atoms with E-state index in [9.17, 15) is 5.11 Å². The first-order valence-electron chi connectivity index (χ1n) is 4.15. The van der Waals surface area contributed by atoms with Crippen LogP contribution in [0.4, 0.5) is 0 Å². The summed E-state index contributed by atoms with van der Waals surface area (Å²) in [6.07, 6.45) is -0.767. The van der Waals surface area contributed by atoms with Crippen LogP contribution in [0.5, 0.6) is 0 Å². The molecule has 0 aliphatic carbocycles. The highest BCUT2D eigenvalue weighted by molar-refractivity contribution is 7.13. The number of aliphatic hydroxyl groups excluding tert-OH is 1. The zero-order chi connectivity index (χ0) is 9.97. The van der Waals surface area contributed by atoms with Gasteiger partial charge in [0, 0.05) is 6.54 Å². The highest BCUT2D eigenvalue weighted by Crippen LogP contribution is 2.21. The van der Waals surface area contributed by atoms with Crippen LogP contribution in [0.1, 0.15) is 11.9 Å². The van der Waals surface area contributed by atoms with Gasteiger partial charge in [-0.2, -0.15) is 5.10 Å². The molecule has 0 bridgehead atoms. The second kappa shape index (κ2) is 3.87. The number of hydrogen-bond acceptors (Lipinski definition) is 5. The van der Waals surface area contributed by atoms with E-state index in [1.54, 1.807) is 11.3 Å². The summed E-state index contributed by atoms with van der Waals surface area (Å²) in [5.74, 6) is 1.01. The Morgan fingerprint density at radius 1 is 1.64 bits per heavy atom. The standard InChI is InChI=1S/C8H10N4OS/c9-4-5(13)7-10-8(12-11-7)6-2-1-3-14-6/h1-3,5,13H,4,9H2,(H,10,11,12). The first kappa shape index (κ1) is 9.32. The number of hydrogen-bond donors (Lipinski definition) is 3. The molecule has 2 rings (SSSR count). The first-order valence-corrected chi connectivity index (χ1v) is 5.03. The SMILES string of the molecule is NCC(O)c1nc(-c2cccs2)n[nH]1. The van der Waals surface area contributed by atoms with Crippen molar-refractivity contribution in [1.82, 2.24) is 15.2 Å². The van der Waals surface area contributed by atoms with Crippen LogP contribution >= 0.6 is 11.3 Å². The van der Waals surface area contributed by atoms with Crippen molar-refractivity contribution in [3.63, 3.8) is 0 Å². The molecule has 0 aromatic carbocycles. The van der Waals surface area contributed by atoms with E-state index < -0.39 is 6.10 Å². The molecule has 1 atom stereocenters. The molecule has 74 valence electrons. The minimum atomic E-state index is -0.767. The van der Waals surface area contributed by atoms with Gasteiger partial charge in [-0.05, 0) is 11.4 Å². The number of thiophene rings is 1. The molecule has 2 aromatic rings. The number of aromatic nitrogens is 3. The van der Waals surface area contributed by atoms with Gasteiger partial charge in [-0.3, -0.25) is 5.10 Å². The normalized spacial score (nSPS) is 13.0. The van der Waals surface area contributed by atoms with Crippen molar-refractivity contribution in [2.24, 2.45) is 5.73 Å². The Morgan fingerprint density at radius 3 is 3.14 bits per heavy atom. The summed E-state index contributed by atoms with van der Waals surface area (Å²) < 4.78 is 0. The van der Waals surface area contributed by atoms with Gasteiger partial charge in [0.15, 0.2) is 11.6 Å². The Morgan fingerprint density at radius 2 is 2.50 bits per heavy atom. The Bertz CT molecular complexity index is 397. The molecule has 0 fully saturated rings. The van der Waals surface area contributed by atoms with Gasteiger partial charge >= 0.3 is 0 Å². The van der Waals surface area contributed by atoms with Crippen LogP contribution in [0.2, 0.25) is 0 Å². The number of nitrogens with two attached hydrogens (primary N) is 1. The van der Waals surface area contributed by atoms with E-state index >= 15 is 0 Å². The second-order valence-corrected chi connectivity index (χ2v) is 3.72. The topological polar surface area (TPSA) is 87.8 Å². The molecule has 0 amide bonds. The fourth-order valence-electron chi connectivity index (χ4n) is 1.05. The van der Waals surface area contributed by atoms with Crippen molar-refractivity contribution in [3.8, 4) is 10.7 Å². The van der Waals surface area contributed by atoms with Crippen LogP contribution in [0, 0.1) is 0 Å². The van der Waals surface area contributed by atoms with Crippen molar-refractivity contribution < 1.29 is 5.11 Å². The predicted molar refractivity (Wildman–Crippen MR) is 53.7 cm³/mol. The number of nitrogens with zero attached hydrogens (tertiary/aromatic N) is 2. The van der Waals surface area contributed by atoms with E-state index in [4.69, 9.17) is 5.73 Å². The van der Waals surface area contributed by atoms with Crippen molar-refractivity contribution in [2.45, 2.75) is 6.10 Å². The van der Waals surface area contributed by atoms with Gasteiger partial charge in [0.2, 0.25) is 0 Å². The Balaban J connectivity index is 2.26. The Kier molecular flexibility index (Phi) is 2.58. The van der Waals surface area contributed by atoms with E-state index in [1.165, 1.54) is 0 Å². The third-order valence-corrected chi connectivity index (χ3v) is 2.65. The maximum Gasteiger partial charge on any atom is 0.191 e. The lowest BCUT2D eigenvalue weighted by molar-refractivity contribution is 0.177. The van der Waals surface area contributed by atoms with Crippen LogP contribution in [-0.2, 0) is 0 Å². The zero-order valence-electron chi connectivity index (χ0n) is 7.34. The summed E-state index contributed by atoms with van der Waals surface area (Å²) in [4.78, 5) is 5.11. The largest absolute Gasteiger partial charge is 0.384 e. The lowest BCUT2D eigenvalue weighted by atomic mass is 10.3. The molecular weight excluding hydrogens is 200 g/mol. The van der Waals surface area contributed by atoms with E-state index in [1.807, 2.05) is 17.5 Å². The van der Waals surface area contributed by atoms with E-state index in [0.717, 1.165) is 4.88 Å². The third kappa shape index (κ3) is 1.67. The quantitative estimate of drug-likeness (QED) is 0.689. The van der Waals surface area contributed by atoms with Crippen molar-refractivity contribution in [3.05, 3.63) is 23.3 Å². The molecule has 5 nitrogen and oxygen atoms in total. The maximum absolute atomic E-state index is 9.38. The number of nitrogens with one attached hydrogen (secondary N) is 1. The summed E-state index contributed by atoms with van der Waals surface area (Å²) in [6, 6.07) is 3.85. The molecule has 1 unspecified atom stereocenters. The molecule has 0 radical (unpaired) electrons. The molecule has 14 heavy (non-hydrogen) atoms. The molecule has 0 aliphatic heterocycles. The summed E-state index contributed by atoms with van der Waals surface area (Å²) >= 11 is 1.55. The number of aliphatic hydroxyl groups is 1. The molecule has 0 aliphatic rings. The van der Waals surface area contributed by atoms with Crippen LogP contribution in [-0.4, -0.2) is 26.8 Å². The maximum atomic E-state index is 9.38. The first-order chi connectivity index (χ1) is 6.81. The lowest BCUT2D eigenvalue weighted by Crippen LogP contribution is -2.12. The lowest BCUT2D eigenvalue weighted by Gasteiger charge is -2.00. The minimum absolute atomic E-state index is 0.138. The molecule has 0 saturated heterocycles. The van der Waals surface area contributed by atoms with Crippen LogP contribution in [0.25, 0.3) is 10.7 Å². The van der Waals surface area contributed by atoms with Gasteiger partial charge in [0.25, 0.3) is 0 Å². The van der Waals surface area contributed by atoms with Crippen LogP contribution in [0.15, 0.2) is 17.5 Å². The smallest absolute Gasteiger partial charge is 0.191 e. The van der Waals surface area contributed by atoms with Crippen LogP contribution < -0.4 is 5.73 Å². The van der Waals surface area contributed by atoms with Gasteiger partial charge < -0.3 is 10.8 Å². The van der Waals surface area contributed by atoms with Gasteiger partial charge in [0.1, 0.15) is 6.10 Å². The van der Waals surface area contributed by atoms with Gasteiger partial charge in [-0.15, -0.1) is 11.3 Å². The highest BCUT2D eigenvalue weighted by Gasteiger charge is 2.12. The molecule has 4 N–H and O–H groups in total. The monoisotopic (exact) mass is 210 g/mol. The summed E-state index contributed by atoms with van der Waals surface area (Å²) in [5.41, 5.74) is 5.30. The van der Waals surface area contributed by atoms with Crippen molar-refractivity contribution in [2.75, 3.05) is 6.54 Å². The van der Waals surface area contributed by atoms with E-state index in [2.05, 4.69) is 15.2 Å². The number of rotatable bonds is 3. The molecular formula is C8H10N4OS. The van der Waals surface area contributed by atoms with E-state index in [0.29, 0.717) is 11.6 Å². The Labute approximate surface area is 84.6 Å². The fourth-order valence-corrected chi connectivity index (χ4v) is 1.71. The average molecular weight is 210 g/mol. The van der Waals surface area contributed by atoms with Gasteiger partial charge in [-0.1, -0.05) is 6.07 Å². The number of H-pyrrole nitrogens is 1. The molecule has 6 heteroatoms. The minimum Gasteiger partial charge on any atom is -0.384 e. The Hall–Kier alpha value is -1.24. The number of aromatic amines is 1. The highest BCUT2D eigenvalue weighted by atomic mass is 32.1. The molecule has 0 spiro atoms. The predicted octanol–water partition coefficient (Wildman–Crippen LogP) is 0.525. The van der Waals surface area contributed by atoms with Crippen molar-refractivity contribution in [1.29, 1.82) is 0 Å². The third-order valence-electron chi connectivity index (χ3n) is 1.78. The molecule has 2 aromatic heterocycles. The van der Waals surface area contributed by atoms with Gasteiger partial charge in [0.05, 0.1) is 4.88 Å². The van der Waals surface area contributed by atoms with E-state index in [-0.39, 0.29) is 6.54 Å². The summed E-state index contributed by atoms with van der Waals surface area (Å²) in [5, 5.41) is 18.0.